The minimum atomic E-state index is -0.460. The highest BCUT2D eigenvalue weighted by molar-refractivity contribution is 5.97. The number of allylic oxidation sites excluding steroid dienone is 3. The normalized spacial score (nSPS) is 23.7. The number of hydrogen-bond donors (Lipinski definition) is 1. The number of aliphatic hydroxyl groups is 1. The average molecular weight is 208 g/mol. The molecule has 0 aromatic rings. The lowest BCUT2D eigenvalue weighted by atomic mass is 9.72. The van der Waals surface area contributed by atoms with E-state index in [1.807, 2.05) is 13.0 Å². The molecular formula is C13H20O2. The lowest BCUT2D eigenvalue weighted by Gasteiger charge is -2.32. The Morgan fingerprint density at radius 2 is 2.07 bits per heavy atom. The number of Topliss-reactive ketones (excluding diaryl/α,β-unsaturated/α-hetero) is 1. The first-order valence-electron chi connectivity index (χ1n) is 5.45. The van der Waals surface area contributed by atoms with E-state index in [9.17, 15) is 9.90 Å². The van der Waals surface area contributed by atoms with Crippen LogP contribution < -0.4 is 0 Å². The van der Waals surface area contributed by atoms with Crippen LogP contribution in [0.1, 0.15) is 40.5 Å². The SMILES string of the molecule is CC1=C(/C=C/[C@@H](C)O)C(C)(C)CCC1=O. The first kappa shape index (κ1) is 12.2. The maximum Gasteiger partial charge on any atom is 0.158 e. The molecular weight excluding hydrogens is 188 g/mol. The van der Waals surface area contributed by atoms with Crippen molar-refractivity contribution in [3.05, 3.63) is 23.3 Å². The van der Waals surface area contributed by atoms with Gasteiger partial charge in [0.25, 0.3) is 0 Å². The van der Waals surface area contributed by atoms with Gasteiger partial charge in [-0.15, -0.1) is 0 Å². The number of carbonyl (C=O) groups excluding carboxylic acids is 1. The Balaban J connectivity index is 3.07. The van der Waals surface area contributed by atoms with Crippen LogP contribution in [-0.2, 0) is 4.79 Å². The molecule has 0 bridgehead atoms. The maximum atomic E-state index is 11.6. The molecule has 1 rings (SSSR count). The molecule has 1 atom stereocenters. The smallest absolute Gasteiger partial charge is 0.158 e. The van der Waals surface area contributed by atoms with Gasteiger partial charge in [0.1, 0.15) is 0 Å². The van der Waals surface area contributed by atoms with Crippen LogP contribution in [0.4, 0.5) is 0 Å². The second-order valence-corrected chi connectivity index (χ2v) is 4.95. The molecule has 1 N–H and O–H groups in total. The molecule has 2 heteroatoms. The molecule has 0 heterocycles. The number of carbonyl (C=O) groups is 1. The van der Waals surface area contributed by atoms with Gasteiger partial charge in [-0.1, -0.05) is 26.0 Å². The molecule has 0 aromatic carbocycles. The van der Waals surface area contributed by atoms with Gasteiger partial charge in [0, 0.05) is 6.42 Å². The van der Waals surface area contributed by atoms with E-state index in [1.165, 1.54) is 0 Å². The Labute approximate surface area is 91.7 Å². The highest BCUT2D eigenvalue weighted by Crippen LogP contribution is 2.39. The number of rotatable bonds is 2. The van der Waals surface area contributed by atoms with Crippen LogP contribution in [0.3, 0.4) is 0 Å². The Bertz CT molecular complexity index is 319. The van der Waals surface area contributed by atoms with E-state index < -0.39 is 6.10 Å². The van der Waals surface area contributed by atoms with E-state index in [0.717, 1.165) is 17.6 Å². The summed E-state index contributed by atoms with van der Waals surface area (Å²) in [7, 11) is 0. The van der Waals surface area contributed by atoms with E-state index in [-0.39, 0.29) is 11.2 Å². The summed E-state index contributed by atoms with van der Waals surface area (Å²) >= 11 is 0. The summed E-state index contributed by atoms with van der Waals surface area (Å²) < 4.78 is 0. The van der Waals surface area contributed by atoms with Crippen molar-refractivity contribution in [3.8, 4) is 0 Å². The molecule has 0 aliphatic heterocycles. The molecule has 0 aromatic heterocycles. The van der Waals surface area contributed by atoms with Crippen LogP contribution in [-0.4, -0.2) is 17.0 Å². The van der Waals surface area contributed by atoms with Gasteiger partial charge in [-0.05, 0) is 36.8 Å². The molecule has 0 amide bonds. The molecule has 15 heavy (non-hydrogen) atoms. The van der Waals surface area contributed by atoms with Crippen LogP contribution in [0.5, 0.6) is 0 Å². The molecule has 0 radical (unpaired) electrons. The summed E-state index contributed by atoms with van der Waals surface area (Å²) in [4.78, 5) is 11.6. The second-order valence-electron chi connectivity index (χ2n) is 4.95. The van der Waals surface area contributed by atoms with Crippen LogP contribution >= 0.6 is 0 Å². The fraction of sp³-hybridized carbons (Fsp3) is 0.615. The lowest BCUT2D eigenvalue weighted by Crippen LogP contribution is -2.24. The molecule has 1 aliphatic rings. The van der Waals surface area contributed by atoms with Crippen molar-refractivity contribution in [2.24, 2.45) is 5.41 Å². The fourth-order valence-electron chi connectivity index (χ4n) is 1.99. The highest BCUT2D eigenvalue weighted by Gasteiger charge is 2.30. The summed E-state index contributed by atoms with van der Waals surface area (Å²) in [5.74, 6) is 0.236. The van der Waals surface area contributed by atoms with Gasteiger partial charge in [-0.2, -0.15) is 0 Å². The van der Waals surface area contributed by atoms with Crippen LogP contribution in [0.2, 0.25) is 0 Å². The first-order chi connectivity index (χ1) is 6.84. The highest BCUT2D eigenvalue weighted by atomic mass is 16.3. The molecule has 2 nitrogen and oxygen atoms in total. The van der Waals surface area contributed by atoms with Crippen molar-refractivity contribution in [2.75, 3.05) is 0 Å². The van der Waals surface area contributed by atoms with E-state index >= 15 is 0 Å². The fourth-order valence-corrected chi connectivity index (χ4v) is 1.99. The first-order valence-corrected chi connectivity index (χ1v) is 5.45. The van der Waals surface area contributed by atoms with Crippen molar-refractivity contribution in [1.29, 1.82) is 0 Å². The van der Waals surface area contributed by atoms with E-state index in [4.69, 9.17) is 0 Å². The third kappa shape index (κ3) is 2.78. The standard InChI is InChI=1S/C13H20O2/c1-9(14)5-6-11-10(2)12(15)7-8-13(11,3)4/h5-6,9,14H,7-8H2,1-4H3/b6-5+/t9-/m1/s1. The number of hydrogen-bond acceptors (Lipinski definition) is 2. The Hall–Kier alpha value is -0.890. The minimum Gasteiger partial charge on any atom is -0.389 e. The van der Waals surface area contributed by atoms with Crippen molar-refractivity contribution in [1.82, 2.24) is 0 Å². The van der Waals surface area contributed by atoms with Gasteiger partial charge in [0.15, 0.2) is 5.78 Å². The number of ketones is 1. The molecule has 0 saturated heterocycles. The van der Waals surface area contributed by atoms with Crippen molar-refractivity contribution in [2.45, 2.75) is 46.6 Å². The zero-order chi connectivity index (χ0) is 11.6. The molecule has 0 fully saturated rings. The van der Waals surface area contributed by atoms with E-state index in [1.54, 1.807) is 13.0 Å². The zero-order valence-corrected chi connectivity index (χ0v) is 10.0. The average Bonchev–Trinajstić information content (AvgIpc) is 2.11. The third-order valence-electron chi connectivity index (χ3n) is 3.07. The van der Waals surface area contributed by atoms with Crippen molar-refractivity contribution in [3.63, 3.8) is 0 Å². The predicted molar refractivity (Wildman–Crippen MR) is 61.5 cm³/mol. The summed E-state index contributed by atoms with van der Waals surface area (Å²) in [6, 6.07) is 0. The molecule has 0 spiro atoms. The summed E-state index contributed by atoms with van der Waals surface area (Å²) in [5, 5.41) is 9.21. The topological polar surface area (TPSA) is 37.3 Å². The quantitative estimate of drug-likeness (QED) is 0.757. The van der Waals surface area contributed by atoms with E-state index in [2.05, 4.69) is 13.8 Å². The van der Waals surface area contributed by atoms with Crippen LogP contribution in [0, 0.1) is 5.41 Å². The van der Waals surface area contributed by atoms with Crippen LogP contribution in [0.15, 0.2) is 23.3 Å². The zero-order valence-electron chi connectivity index (χ0n) is 10.0. The molecule has 84 valence electrons. The maximum absolute atomic E-state index is 11.6. The van der Waals surface area contributed by atoms with Crippen molar-refractivity contribution < 1.29 is 9.90 Å². The van der Waals surface area contributed by atoms with Gasteiger partial charge < -0.3 is 5.11 Å². The predicted octanol–water partition coefficient (Wildman–Crippen LogP) is 2.63. The summed E-state index contributed by atoms with van der Waals surface area (Å²) in [6.45, 7) is 7.88. The Morgan fingerprint density at radius 1 is 1.47 bits per heavy atom. The third-order valence-corrected chi connectivity index (χ3v) is 3.07. The van der Waals surface area contributed by atoms with Crippen LogP contribution in [0.25, 0.3) is 0 Å². The van der Waals surface area contributed by atoms with Gasteiger partial charge in [0.2, 0.25) is 0 Å². The second kappa shape index (κ2) is 4.31. The van der Waals surface area contributed by atoms with Gasteiger partial charge >= 0.3 is 0 Å². The molecule has 1 aliphatic carbocycles. The summed E-state index contributed by atoms with van der Waals surface area (Å²) in [5.41, 5.74) is 1.96. The minimum absolute atomic E-state index is 0.0450. The lowest BCUT2D eigenvalue weighted by molar-refractivity contribution is -0.116. The Kier molecular flexibility index (Phi) is 3.50. The Morgan fingerprint density at radius 3 is 2.60 bits per heavy atom. The molecule has 0 unspecified atom stereocenters. The van der Waals surface area contributed by atoms with Gasteiger partial charge in [0.05, 0.1) is 6.10 Å². The molecule has 0 saturated carbocycles. The largest absolute Gasteiger partial charge is 0.389 e. The van der Waals surface area contributed by atoms with E-state index in [0.29, 0.717) is 6.42 Å². The number of aliphatic hydroxyl groups excluding tert-OH is 1. The monoisotopic (exact) mass is 208 g/mol. The van der Waals surface area contributed by atoms with Crippen molar-refractivity contribution >= 4 is 5.78 Å². The van der Waals surface area contributed by atoms with Gasteiger partial charge in [-0.3, -0.25) is 4.79 Å². The summed E-state index contributed by atoms with van der Waals surface area (Å²) in [6.07, 6.45) is 4.71. The van der Waals surface area contributed by atoms with Gasteiger partial charge in [-0.25, -0.2) is 0 Å².